The number of nitrogens with one attached hydrogen (secondary N) is 1. The van der Waals surface area contributed by atoms with Gasteiger partial charge in [-0.15, -0.1) is 0 Å². The monoisotopic (exact) mass is 238 g/mol. The zero-order valence-corrected chi connectivity index (χ0v) is 12.0. The number of hydrogen-bond donors (Lipinski definition) is 1. The molecule has 1 N–H and O–H groups in total. The van der Waals surface area contributed by atoms with Crippen LogP contribution < -0.4 is 5.32 Å². The molecule has 1 aliphatic heterocycles. The predicted molar refractivity (Wildman–Crippen MR) is 74.3 cm³/mol. The summed E-state index contributed by atoms with van der Waals surface area (Å²) in [6, 6.07) is 0.754. The van der Waals surface area contributed by atoms with E-state index in [0.717, 1.165) is 12.0 Å². The number of likely N-dealkylation sites (tertiary alicyclic amines) is 1. The van der Waals surface area contributed by atoms with Gasteiger partial charge in [-0.3, -0.25) is 0 Å². The lowest BCUT2D eigenvalue weighted by atomic mass is 9.78. The minimum absolute atomic E-state index is 0.634. The highest BCUT2D eigenvalue weighted by Crippen LogP contribution is 2.42. The molecule has 1 atom stereocenters. The maximum atomic E-state index is 3.86. The molecule has 2 heteroatoms. The summed E-state index contributed by atoms with van der Waals surface area (Å²) in [5.74, 6) is 0.848. The molecule has 0 aromatic carbocycles. The molecular weight excluding hydrogens is 208 g/mol. The highest BCUT2D eigenvalue weighted by molar-refractivity contribution is 4.90. The van der Waals surface area contributed by atoms with Gasteiger partial charge in [-0.2, -0.15) is 0 Å². The van der Waals surface area contributed by atoms with Crippen molar-refractivity contribution >= 4 is 0 Å². The van der Waals surface area contributed by atoms with E-state index >= 15 is 0 Å². The highest BCUT2D eigenvalue weighted by atomic mass is 15.2. The summed E-state index contributed by atoms with van der Waals surface area (Å²) in [7, 11) is 2.24. The van der Waals surface area contributed by atoms with E-state index in [2.05, 4.69) is 31.1 Å². The largest absolute Gasteiger partial charge is 0.312 e. The minimum Gasteiger partial charge on any atom is -0.312 e. The molecule has 0 radical (unpaired) electrons. The van der Waals surface area contributed by atoms with Crippen molar-refractivity contribution in [2.24, 2.45) is 11.3 Å². The third kappa shape index (κ3) is 3.69. The number of rotatable bonds is 5. The molecule has 0 aromatic rings. The molecule has 1 unspecified atom stereocenters. The molecule has 0 spiro atoms. The van der Waals surface area contributed by atoms with Gasteiger partial charge in [-0.25, -0.2) is 0 Å². The van der Waals surface area contributed by atoms with Crippen LogP contribution >= 0.6 is 0 Å². The van der Waals surface area contributed by atoms with Crippen molar-refractivity contribution in [3.63, 3.8) is 0 Å². The van der Waals surface area contributed by atoms with Gasteiger partial charge in [0.15, 0.2) is 0 Å². The molecule has 0 amide bonds. The lowest BCUT2D eigenvalue weighted by Crippen LogP contribution is -2.40. The molecule has 1 heterocycles. The Morgan fingerprint density at radius 2 is 2.00 bits per heavy atom. The Morgan fingerprint density at radius 1 is 1.29 bits per heavy atom. The Bertz CT molecular complexity index is 231. The van der Waals surface area contributed by atoms with E-state index in [9.17, 15) is 0 Å². The van der Waals surface area contributed by atoms with Gasteiger partial charge in [-0.1, -0.05) is 26.7 Å². The smallest absolute Gasteiger partial charge is 0.0207 e. The highest BCUT2D eigenvalue weighted by Gasteiger charge is 2.35. The minimum atomic E-state index is 0.634. The van der Waals surface area contributed by atoms with E-state index in [-0.39, 0.29) is 0 Å². The van der Waals surface area contributed by atoms with Gasteiger partial charge in [-0.05, 0) is 50.6 Å². The molecule has 2 rings (SSSR count). The first-order valence-electron chi connectivity index (χ1n) is 7.52. The van der Waals surface area contributed by atoms with Gasteiger partial charge in [0.05, 0.1) is 0 Å². The van der Waals surface area contributed by atoms with Crippen molar-refractivity contribution in [1.82, 2.24) is 10.2 Å². The molecular formula is C15H30N2. The Balaban J connectivity index is 1.81. The summed E-state index contributed by atoms with van der Waals surface area (Å²) < 4.78 is 0. The maximum absolute atomic E-state index is 3.86. The van der Waals surface area contributed by atoms with Gasteiger partial charge in [0, 0.05) is 19.1 Å². The fraction of sp³-hybridized carbons (Fsp3) is 1.00. The molecule has 0 bridgehead atoms. The summed E-state index contributed by atoms with van der Waals surface area (Å²) in [4.78, 5) is 2.45. The summed E-state index contributed by atoms with van der Waals surface area (Å²) >= 11 is 0. The summed E-state index contributed by atoms with van der Waals surface area (Å²) in [6.45, 7) is 8.54. The van der Waals surface area contributed by atoms with E-state index < -0.39 is 0 Å². The fourth-order valence-electron chi connectivity index (χ4n) is 3.91. The molecule has 2 fully saturated rings. The number of hydrogen-bond acceptors (Lipinski definition) is 2. The zero-order valence-electron chi connectivity index (χ0n) is 12.0. The molecule has 1 aliphatic carbocycles. The van der Waals surface area contributed by atoms with Crippen molar-refractivity contribution < 1.29 is 0 Å². The van der Waals surface area contributed by atoms with Crippen LogP contribution in [0.1, 0.15) is 52.4 Å². The van der Waals surface area contributed by atoms with Crippen LogP contribution in [0.25, 0.3) is 0 Å². The van der Waals surface area contributed by atoms with Gasteiger partial charge < -0.3 is 10.2 Å². The van der Waals surface area contributed by atoms with Gasteiger partial charge in [0.1, 0.15) is 0 Å². The third-order valence-corrected chi connectivity index (χ3v) is 4.66. The van der Waals surface area contributed by atoms with Crippen molar-refractivity contribution in [2.45, 2.75) is 58.4 Å². The topological polar surface area (TPSA) is 15.3 Å². The fourth-order valence-corrected chi connectivity index (χ4v) is 3.91. The average molecular weight is 238 g/mol. The van der Waals surface area contributed by atoms with Crippen LogP contribution in [-0.2, 0) is 0 Å². The molecule has 2 aliphatic rings. The molecule has 17 heavy (non-hydrogen) atoms. The zero-order chi connectivity index (χ0) is 12.3. The van der Waals surface area contributed by atoms with Crippen LogP contribution in [-0.4, -0.2) is 37.6 Å². The van der Waals surface area contributed by atoms with Gasteiger partial charge >= 0.3 is 0 Å². The molecule has 0 aromatic heterocycles. The third-order valence-electron chi connectivity index (χ3n) is 4.66. The lowest BCUT2D eigenvalue weighted by molar-refractivity contribution is 0.215. The normalized spacial score (nSPS) is 29.3. The first-order chi connectivity index (χ1) is 8.10. The molecule has 100 valence electrons. The maximum Gasteiger partial charge on any atom is 0.0207 e. The van der Waals surface area contributed by atoms with E-state index in [0.29, 0.717) is 5.41 Å². The number of nitrogens with zero attached hydrogens (tertiary/aromatic N) is 1. The van der Waals surface area contributed by atoms with Crippen LogP contribution in [0.3, 0.4) is 0 Å². The second-order valence-corrected chi connectivity index (χ2v) is 6.93. The first kappa shape index (κ1) is 13.4. The second-order valence-electron chi connectivity index (χ2n) is 6.93. The summed E-state index contributed by atoms with van der Waals surface area (Å²) in [5.41, 5.74) is 0.634. The van der Waals surface area contributed by atoms with Gasteiger partial charge in [0.2, 0.25) is 0 Å². The first-order valence-corrected chi connectivity index (χ1v) is 7.52. The van der Waals surface area contributed by atoms with Gasteiger partial charge in [0.25, 0.3) is 0 Å². The van der Waals surface area contributed by atoms with Crippen LogP contribution in [0.5, 0.6) is 0 Å². The van der Waals surface area contributed by atoms with E-state index in [4.69, 9.17) is 0 Å². The number of likely N-dealkylation sites (N-methyl/N-ethyl adjacent to an activating group) is 1. The Morgan fingerprint density at radius 3 is 2.53 bits per heavy atom. The second kappa shape index (κ2) is 5.71. The summed E-state index contributed by atoms with van der Waals surface area (Å²) in [6.07, 6.45) is 8.59. The van der Waals surface area contributed by atoms with E-state index in [1.807, 2.05) is 0 Å². The molecule has 1 saturated heterocycles. The summed E-state index contributed by atoms with van der Waals surface area (Å²) in [5, 5.41) is 3.86. The van der Waals surface area contributed by atoms with E-state index in [1.165, 1.54) is 58.2 Å². The average Bonchev–Trinajstić information content (AvgIpc) is 2.85. The Labute approximate surface area is 107 Å². The molecule has 2 nitrogen and oxygen atoms in total. The van der Waals surface area contributed by atoms with Crippen molar-refractivity contribution in [3.8, 4) is 0 Å². The van der Waals surface area contributed by atoms with Crippen LogP contribution in [0.2, 0.25) is 0 Å². The SMILES string of the molecule is CC(C)CC1(CNC2CCN(C)C2)CCCC1. The molecule has 1 saturated carbocycles. The predicted octanol–water partition coefficient (Wildman–Crippen LogP) is 2.89. The Kier molecular flexibility index (Phi) is 4.48. The van der Waals surface area contributed by atoms with Crippen molar-refractivity contribution in [2.75, 3.05) is 26.7 Å². The van der Waals surface area contributed by atoms with Crippen LogP contribution in [0.15, 0.2) is 0 Å². The van der Waals surface area contributed by atoms with E-state index in [1.54, 1.807) is 0 Å². The Hall–Kier alpha value is -0.0800. The quantitative estimate of drug-likeness (QED) is 0.792. The standard InChI is InChI=1S/C15H30N2/c1-13(2)10-15(7-4-5-8-15)12-16-14-6-9-17(3)11-14/h13-14,16H,4-12H2,1-3H3. The van der Waals surface area contributed by atoms with Crippen LogP contribution in [0, 0.1) is 11.3 Å². The van der Waals surface area contributed by atoms with Crippen molar-refractivity contribution in [3.05, 3.63) is 0 Å². The lowest BCUT2D eigenvalue weighted by Gasteiger charge is -2.32. The van der Waals surface area contributed by atoms with Crippen molar-refractivity contribution in [1.29, 1.82) is 0 Å². The van der Waals surface area contributed by atoms with Crippen LogP contribution in [0.4, 0.5) is 0 Å².